The van der Waals surface area contributed by atoms with Crippen molar-refractivity contribution in [2.75, 3.05) is 0 Å². The standard InChI is InChI=1S/C22H25F/c1-4-5-16-12-19-15(13-21(16)23)7-8-18-17(19)10-11-22(3)14(2)6-9-20(18)22/h12-13,17-18,20H,2,6-11H2,1,3H3/t17?,18?,20?,22-/m1/s1. The Balaban J connectivity index is 1.75. The lowest BCUT2D eigenvalue weighted by atomic mass is 9.55. The number of rotatable bonds is 0. The molecule has 0 heterocycles. The zero-order chi connectivity index (χ0) is 16.2. The smallest absolute Gasteiger partial charge is 0.139 e. The van der Waals surface area contributed by atoms with Crippen molar-refractivity contribution < 1.29 is 4.39 Å². The number of allylic oxidation sites excluding steroid dienone is 1. The van der Waals surface area contributed by atoms with E-state index in [1.807, 2.05) is 0 Å². The van der Waals surface area contributed by atoms with E-state index >= 15 is 0 Å². The van der Waals surface area contributed by atoms with Crippen molar-refractivity contribution in [2.45, 2.75) is 58.3 Å². The van der Waals surface area contributed by atoms with Crippen LogP contribution in [0.4, 0.5) is 4.39 Å². The van der Waals surface area contributed by atoms with Crippen molar-refractivity contribution in [3.63, 3.8) is 0 Å². The highest BCUT2D eigenvalue weighted by Gasteiger charge is 2.51. The Morgan fingerprint density at radius 3 is 2.83 bits per heavy atom. The molecule has 3 aliphatic carbocycles. The van der Waals surface area contributed by atoms with Crippen LogP contribution in [0.5, 0.6) is 0 Å². The quantitative estimate of drug-likeness (QED) is 0.432. The highest BCUT2D eigenvalue weighted by molar-refractivity contribution is 5.45. The van der Waals surface area contributed by atoms with Crippen LogP contribution in [0.3, 0.4) is 0 Å². The molecule has 4 atom stereocenters. The first-order chi connectivity index (χ1) is 11.0. The van der Waals surface area contributed by atoms with Gasteiger partial charge in [0.2, 0.25) is 0 Å². The molecule has 1 aromatic rings. The molecule has 23 heavy (non-hydrogen) atoms. The van der Waals surface area contributed by atoms with E-state index in [1.165, 1.54) is 48.8 Å². The maximum Gasteiger partial charge on any atom is 0.139 e. The van der Waals surface area contributed by atoms with Gasteiger partial charge in [0.05, 0.1) is 5.56 Å². The highest BCUT2D eigenvalue weighted by atomic mass is 19.1. The van der Waals surface area contributed by atoms with Gasteiger partial charge in [-0.2, -0.15) is 0 Å². The molecule has 0 nitrogen and oxygen atoms in total. The minimum atomic E-state index is -0.147. The van der Waals surface area contributed by atoms with E-state index in [1.54, 1.807) is 13.0 Å². The van der Waals surface area contributed by atoms with Crippen molar-refractivity contribution in [1.29, 1.82) is 0 Å². The summed E-state index contributed by atoms with van der Waals surface area (Å²) in [7, 11) is 0. The average molecular weight is 308 g/mol. The molecule has 2 saturated carbocycles. The number of fused-ring (bicyclic) bond motifs is 5. The van der Waals surface area contributed by atoms with Crippen LogP contribution in [0.15, 0.2) is 24.3 Å². The van der Waals surface area contributed by atoms with Crippen molar-refractivity contribution in [3.05, 3.63) is 46.8 Å². The molecule has 3 unspecified atom stereocenters. The van der Waals surface area contributed by atoms with E-state index < -0.39 is 0 Å². The van der Waals surface area contributed by atoms with Gasteiger partial charge in [0, 0.05) is 0 Å². The third-order valence-corrected chi connectivity index (χ3v) is 7.03. The SMILES string of the molecule is C=C1CCC2C3CCc4cc(F)c(C#CC)cc4C3CC[C@]12C. The summed E-state index contributed by atoms with van der Waals surface area (Å²) in [6.45, 7) is 8.59. The van der Waals surface area contributed by atoms with Gasteiger partial charge in [0.25, 0.3) is 0 Å². The topological polar surface area (TPSA) is 0 Å². The fourth-order valence-corrected chi connectivity index (χ4v) is 5.73. The maximum atomic E-state index is 14.2. The first-order valence-electron chi connectivity index (χ1n) is 8.98. The van der Waals surface area contributed by atoms with Crippen LogP contribution < -0.4 is 0 Å². The number of hydrogen-bond donors (Lipinski definition) is 0. The van der Waals surface area contributed by atoms with Crippen LogP contribution in [0.1, 0.15) is 68.6 Å². The summed E-state index contributed by atoms with van der Waals surface area (Å²) in [5, 5.41) is 0. The summed E-state index contributed by atoms with van der Waals surface area (Å²) < 4.78 is 14.2. The van der Waals surface area contributed by atoms with Gasteiger partial charge >= 0.3 is 0 Å². The lowest BCUT2D eigenvalue weighted by molar-refractivity contribution is 0.0816. The van der Waals surface area contributed by atoms with E-state index in [0.717, 1.165) is 18.3 Å². The maximum absolute atomic E-state index is 14.2. The van der Waals surface area contributed by atoms with Crippen molar-refractivity contribution in [2.24, 2.45) is 17.3 Å². The van der Waals surface area contributed by atoms with E-state index in [4.69, 9.17) is 0 Å². The van der Waals surface area contributed by atoms with Gasteiger partial charge in [0.15, 0.2) is 0 Å². The van der Waals surface area contributed by atoms with Crippen LogP contribution >= 0.6 is 0 Å². The molecular weight excluding hydrogens is 283 g/mol. The first kappa shape index (κ1) is 15.0. The number of halogens is 1. The Morgan fingerprint density at radius 1 is 1.22 bits per heavy atom. The molecule has 0 amide bonds. The molecule has 0 radical (unpaired) electrons. The van der Waals surface area contributed by atoms with Crippen LogP contribution in [0.2, 0.25) is 0 Å². The third kappa shape index (κ3) is 2.11. The molecule has 0 saturated heterocycles. The van der Waals surface area contributed by atoms with Crippen molar-refractivity contribution >= 4 is 0 Å². The van der Waals surface area contributed by atoms with Crippen LogP contribution in [0.25, 0.3) is 0 Å². The van der Waals surface area contributed by atoms with Gasteiger partial charge < -0.3 is 0 Å². The molecule has 1 aromatic carbocycles. The Labute approximate surface area is 139 Å². The van der Waals surface area contributed by atoms with Crippen molar-refractivity contribution in [1.82, 2.24) is 0 Å². The normalized spacial score (nSPS) is 34.9. The van der Waals surface area contributed by atoms with Crippen LogP contribution in [0, 0.1) is 34.9 Å². The Hall–Kier alpha value is -1.55. The van der Waals surface area contributed by atoms with Gasteiger partial charge in [-0.1, -0.05) is 25.0 Å². The second kappa shape index (κ2) is 5.23. The van der Waals surface area contributed by atoms with Gasteiger partial charge in [-0.05, 0) is 91.9 Å². The summed E-state index contributed by atoms with van der Waals surface area (Å²) in [6, 6.07) is 3.82. The minimum absolute atomic E-state index is 0.147. The monoisotopic (exact) mass is 308 g/mol. The molecule has 120 valence electrons. The molecule has 3 aliphatic rings. The number of aryl methyl sites for hydroxylation is 1. The average Bonchev–Trinajstić information content (AvgIpc) is 2.84. The molecule has 0 bridgehead atoms. The Morgan fingerprint density at radius 2 is 2.04 bits per heavy atom. The predicted molar refractivity (Wildman–Crippen MR) is 92.7 cm³/mol. The molecule has 0 aliphatic heterocycles. The molecule has 0 aromatic heterocycles. The third-order valence-electron chi connectivity index (χ3n) is 7.03. The largest absolute Gasteiger partial charge is 0.206 e. The second-order valence-corrected chi connectivity index (χ2v) is 7.92. The van der Waals surface area contributed by atoms with E-state index in [0.29, 0.717) is 16.9 Å². The summed E-state index contributed by atoms with van der Waals surface area (Å²) >= 11 is 0. The number of hydrogen-bond acceptors (Lipinski definition) is 0. The molecule has 0 N–H and O–H groups in total. The van der Waals surface area contributed by atoms with E-state index in [9.17, 15) is 4.39 Å². The van der Waals surface area contributed by atoms with Gasteiger partial charge in [-0.15, -0.1) is 5.92 Å². The summed E-state index contributed by atoms with van der Waals surface area (Å²) in [5.74, 6) is 7.76. The zero-order valence-corrected chi connectivity index (χ0v) is 14.2. The lowest BCUT2D eigenvalue weighted by Crippen LogP contribution is -2.40. The summed E-state index contributed by atoms with van der Waals surface area (Å²) in [5.41, 5.74) is 5.02. The summed E-state index contributed by atoms with van der Waals surface area (Å²) in [6.07, 6.45) is 7.19. The van der Waals surface area contributed by atoms with Gasteiger partial charge in [-0.3, -0.25) is 0 Å². The highest BCUT2D eigenvalue weighted by Crippen LogP contribution is 2.62. The van der Waals surface area contributed by atoms with E-state index in [2.05, 4.69) is 31.4 Å². The second-order valence-electron chi connectivity index (χ2n) is 7.92. The first-order valence-corrected chi connectivity index (χ1v) is 8.98. The minimum Gasteiger partial charge on any atom is -0.206 e. The molecule has 2 fully saturated rings. The van der Waals surface area contributed by atoms with Gasteiger partial charge in [-0.25, -0.2) is 4.39 Å². The fraction of sp³-hybridized carbons (Fsp3) is 0.545. The van der Waals surface area contributed by atoms with Crippen molar-refractivity contribution in [3.8, 4) is 11.8 Å². The predicted octanol–water partition coefficient (Wildman–Crippen LogP) is 5.61. The fourth-order valence-electron chi connectivity index (χ4n) is 5.73. The Kier molecular flexibility index (Phi) is 3.41. The summed E-state index contributed by atoms with van der Waals surface area (Å²) in [4.78, 5) is 0. The number of benzene rings is 1. The zero-order valence-electron chi connectivity index (χ0n) is 14.2. The molecule has 4 rings (SSSR count). The Bertz CT molecular complexity index is 732. The van der Waals surface area contributed by atoms with Crippen LogP contribution in [-0.2, 0) is 6.42 Å². The lowest BCUT2D eigenvalue weighted by Gasteiger charge is -2.49. The van der Waals surface area contributed by atoms with Crippen LogP contribution in [-0.4, -0.2) is 0 Å². The van der Waals surface area contributed by atoms with E-state index in [-0.39, 0.29) is 5.82 Å². The molecule has 1 heteroatoms. The molecular formula is C22H25F. The molecule has 0 spiro atoms. The van der Waals surface area contributed by atoms with Gasteiger partial charge in [0.1, 0.15) is 5.82 Å².